The van der Waals surface area contributed by atoms with Crippen LogP contribution in [0, 0.1) is 24.2 Å². The average Bonchev–Trinajstić information content (AvgIpc) is 3.51. The predicted molar refractivity (Wildman–Crippen MR) is 131 cm³/mol. The molecule has 1 fully saturated rings. The molecule has 0 amide bonds. The normalized spacial score (nSPS) is 16.8. The van der Waals surface area contributed by atoms with E-state index < -0.39 is 0 Å². The lowest BCUT2D eigenvalue weighted by Gasteiger charge is -2.32. The summed E-state index contributed by atoms with van der Waals surface area (Å²) in [5.41, 5.74) is 2.32. The van der Waals surface area contributed by atoms with Gasteiger partial charge in [-0.05, 0) is 44.1 Å². The van der Waals surface area contributed by atoms with Crippen molar-refractivity contribution in [3.05, 3.63) is 63.0 Å². The van der Waals surface area contributed by atoms with Gasteiger partial charge in [0, 0.05) is 7.05 Å². The maximum absolute atomic E-state index is 12.1. The molecule has 2 aromatic heterocycles. The molecule has 6 rings (SSSR count). The van der Waals surface area contributed by atoms with Gasteiger partial charge in [0.25, 0.3) is 6.47 Å². The number of ether oxygens (including phenoxy) is 2. The van der Waals surface area contributed by atoms with Gasteiger partial charge in [0.15, 0.2) is 15.8 Å². The number of aromatic nitrogens is 2. The second-order valence-corrected chi connectivity index (χ2v) is 10.1. The maximum atomic E-state index is 12.1. The molecule has 1 aromatic carbocycles. The lowest BCUT2D eigenvalue weighted by atomic mass is 9.87. The Balaban J connectivity index is 0.000000195. The van der Waals surface area contributed by atoms with Gasteiger partial charge in [-0.25, -0.2) is 4.98 Å². The number of nitrogens with one attached hydrogen (secondary N) is 1. The highest BCUT2D eigenvalue weighted by Gasteiger charge is 2.65. The third kappa shape index (κ3) is 4.22. The Kier molecular flexibility index (Phi) is 6.13. The molecule has 1 spiro atoms. The molecule has 3 aliphatic rings. The summed E-state index contributed by atoms with van der Waals surface area (Å²) in [6.45, 7) is 4.16. The highest BCUT2D eigenvalue weighted by molar-refractivity contribution is 8.03. The molecule has 0 bridgehead atoms. The first-order chi connectivity index (χ1) is 17.0. The number of ketones is 1. The van der Waals surface area contributed by atoms with Crippen LogP contribution in [0.5, 0.6) is 5.06 Å². The summed E-state index contributed by atoms with van der Waals surface area (Å²) >= 11 is 2.89. The SMILES string of the molecule is CC(OC=O)c1ccccc1.CNc1c(C)noc1C#Cc1nc2c(s1)OC1=C(S2)C2(CC2)C1=O. The van der Waals surface area contributed by atoms with Crippen molar-refractivity contribution >= 4 is 41.0 Å². The minimum Gasteiger partial charge on any atom is -0.460 e. The standard InChI is InChI=1S/C16H11N3O3S2.C9H10O2/c1-7-10(17-2)8(22-19-7)3-4-9-18-14-15(23-9)21-11-12(20)16(5-6-16)13(11)24-14;1-8(11-7-10)9-5-3-2-4-6-9/h17H,5-6H2,1-2H3;2-8H,1H3. The van der Waals surface area contributed by atoms with Crippen molar-refractivity contribution in [1.82, 2.24) is 10.1 Å². The number of hydrogen-bond acceptors (Lipinski definition) is 10. The predicted octanol–water partition coefficient (Wildman–Crippen LogP) is 4.86. The topological polar surface area (TPSA) is 104 Å². The Morgan fingerprint density at radius 2 is 2.03 bits per heavy atom. The minimum absolute atomic E-state index is 0.145. The number of aryl methyl sites for hydroxylation is 1. The fourth-order valence-electron chi connectivity index (χ4n) is 3.80. The number of fused-ring (bicyclic) bond motifs is 2. The van der Waals surface area contributed by atoms with Crippen LogP contribution in [0.3, 0.4) is 0 Å². The molecule has 2 aliphatic carbocycles. The van der Waals surface area contributed by atoms with E-state index in [2.05, 4.69) is 27.3 Å². The molecule has 1 aliphatic heterocycles. The molecule has 0 radical (unpaired) electrons. The molecular formula is C25H21N3O5S2. The molecule has 1 N–H and O–H groups in total. The first kappa shape index (κ1) is 23.2. The molecule has 3 heterocycles. The largest absolute Gasteiger partial charge is 0.460 e. The molecule has 3 aromatic rings. The molecule has 0 saturated heterocycles. The molecular weight excluding hydrogens is 486 g/mol. The molecule has 178 valence electrons. The van der Waals surface area contributed by atoms with Gasteiger partial charge in [-0.1, -0.05) is 58.6 Å². The lowest BCUT2D eigenvalue weighted by molar-refractivity contribution is -0.133. The van der Waals surface area contributed by atoms with Gasteiger partial charge < -0.3 is 19.3 Å². The van der Waals surface area contributed by atoms with E-state index in [1.807, 2.05) is 44.2 Å². The van der Waals surface area contributed by atoms with E-state index in [9.17, 15) is 9.59 Å². The molecule has 35 heavy (non-hydrogen) atoms. The third-order valence-electron chi connectivity index (χ3n) is 5.92. The van der Waals surface area contributed by atoms with Crippen LogP contribution >= 0.6 is 23.1 Å². The fourth-order valence-corrected chi connectivity index (χ4v) is 5.96. The van der Waals surface area contributed by atoms with Gasteiger partial charge in [-0.15, -0.1) is 0 Å². The van der Waals surface area contributed by atoms with Crippen LogP contribution in [-0.2, 0) is 14.3 Å². The molecule has 8 nitrogen and oxygen atoms in total. The van der Waals surface area contributed by atoms with E-state index in [1.54, 1.807) is 18.8 Å². The van der Waals surface area contributed by atoms with Crippen LogP contribution in [0.25, 0.3) is 0 Å². The number of allylic oxidation sites excluding steroid dienone is 2. The Morgan fingerprint density at radius 3 is 2.71 bits per heavy atom. The second kappa shape index (κ2) is 9.24. The quantitative estimate of drug-likeness (QED) is 0.392. The number of nitrogens with zero attached hydrogens (tertiary/aromatic N) is 2. The van der Waals surface area contributed by atoms with Crippen LogP contribution in [0.15, 0.2) is 50.5 Å². The van der Waals surface area contributed by atoms with Crippen molar-refractivity contribution in [3.63, 3.8) is 0 Å². The van der Waals surface area contributed by atoms with Crippen LogP contribution in [0.4, 0.5) is 5.69 Å². The first-order valence-electron chi connectivity index (χ1n) is 10.9. The van der Waals surface area contributed by atoms with Gasteiger partial charge >= 0.3 is 0 Å². The van der Waals surface area contributed by atoms with Crippen molar-refractivity contribution in [3.8, 4) is 16.9 Å². The van der Waals surface area contributed by atoms with E-state index in [-0.39, 0.29) is 17.3 Å². The zero-order valence-corrected chi connectivity index (χ0v) is 20.8. The summed E-state index contributed by atoms with van der Waals surface area (Å²) in [5.74, 6) is 7.07. The second-order valence-electron chi connectivity index (χ2n) is 8.14. The zero-order valence-electron chi connectivity index (χ0n) is 19.2. The number of Topliss-reactive ketones (excluding diaryl/α,β-unsaturated/α-hetero) is 1. The van der Waals surface area contributed by atoms with E-state index in [4.69, 9.17) is 14.0 Å². The molecule has 1 atom stereocenters. The van der Waals surface area contributed by atoms with E-state index in [0.29, 0.717) is 28.1 Å². The van der Waals surface area contributed by atoms with Gasteiger partial charge in [0.2, 0.25) is 16.6 Å². The van der Waals surface area contributed by atoms with Crippen molar-refractivity contribution < 1.29 is 23.6 Å². The van der Waals surface area contributed by atoms with Crippen molar-refractivity contribution in [2.45, 2.75) is 37.8 Å². The van der Waals surface area contributed by atoms with Crippen molar-refractivity contribution in [2.75, 3.05) is 12.4 Å². The Labute approximate surface area is 210 Å². The van der Waals surface area contributed by atoms with Gasteiger partial charge in [-0.3, -0.25) is 9.59 Å². The zero-order chi connectivity index (χ0) is 24.6. The maximum Gasteiger partial charge on any atom is 0.293 e. The van der Waals surface area contributed by atoms with Crippen molar-refractivity contribution in [1.29, 1.82) is 0 Å². The number of carbonyl (C=O) groups excluding carboxylic acids is 2. The average molecular weight is 508 g/mol. The van der Waals surface area contributed by atoms with Crippen LogP contribution in [0.1, 0.15) is 47.9 Å². The Morgan fingerprint density at radius 1 is 1.26 bits per heavy atom. The van der Waals surface area contributed by atoms with E-state index in [0.717, 1.165) is 39.7 Å². The summed E-state index contributed by atoms with van der Waals surface area (Å²) in [5, 5.41) is 8.99. The number of hydrogen-bond donors (Lipinski definition) is 1. The summed E-state index contributed by atoms with van der Waals surface area (Å²) in [6.07, 6.45) is 1.73. The monoisotopic (exact) mass is 507 g/mol. The van der Waals surface area contributed by atoms with E-state index >= 15 is 0 Å². The minimum atomic E-state index is -0.230. The molecule has 10 heteroatoms. The number of benzene rings is 1. The van der Waals surface area contributed by atoms with Crippen LogP contribution in [0.2, 0.25) is 0 Å². The summed E-state index contributed by atoms with van der Waals surface area (Å²) in [7, 11) is 1.80. The van der Waals surface area contributed by atoms with Gasteiger partial charge in [0.05, 0.1) is 10.3 Å². The fraction of sp³-hybridized carbons (Fsp3) is 0.280. The third-order valence-corrected chi connectivity index (χ3v) is 8.14. The first-order valence-corrected chi connectivity index (χ1v) is 12.6. The number of anilines is 1. The number of thioether (sulfide) groups is 1. The highest BCUT2D eigenvalue weighted by Crippen LogP contribution is 2.68. The molecule has 1 saturated carbocycles. The van der Waals surface area contributed by atoms with Crippen LogP contribution in [-0.4, -0.2) is 29.4 Å². The van der Waals surface area contributed by atoms with Gasteiger partial charge in [-0.2, -0.15) is 0 Å². The van der Waals surface area contributed by atoms with Gasteiger partial charge in [0.1, 0.15) is 17.5 Å². The van der Waals surface area contributed by atoms with Crippen molar-refractivity contribution in [2.24, 2.45) is 5.41 Å². The number of rotatable bonds is 4. The number of carbonyl (C=O) groups is 2. The molecule has 1 unspecified atom stereocenters. The summed E-state index contributed by atoms with van der Waals surface area (Å²) in [4.78, 5) is 27.6. The van der Waals surface area contributed by atoms with E-state index in [1.165, 1.54) is 11.3 Å². The van der Waals surface area contributed by atoms with Crippen LogP contribution < -0.4 is 10.1 Å². The highest BCUT2D eigenvalue weighted by atomic mass is 32.2. The Bertz CT molecular complexity index is 1390. The summed E-state index contributed by atoms with van der Waals surface area (Å²) in [6, 6.07) is 9.61. The number of thiazole rings is 1. The summed E-state index contributed by atoms with van der Waals surface area (Å²) < 4.78 is 15.7. The Hall–Kier alpha value is -3.55. The smallest absolute Gasteiger partial charge is 0.293 e. The lowest BCUT2D eigenvalue weighted by Crippen LogP contribution is -2.35.